The molecule has 4 fully saturated rings. The lowest BCUT2D eigenvalue weighted by atomic mass is 9.49. The van der Waals surface area contributed by atoms with Gasteiger partial charge in [-0.15, -0.1) is 0 Å². The summed E-state index contributed by atoms with van der Waals surface area (Å²) in [6, 6.07) is 32.2. The summed E-state index contributed by atoms with van der Waals surface area (Å²) in [5, 5.41) is 0. The van der Waals surface area contributed by atoms with Crippen LogP contribution < -0.4 is 0 Å². The van der Waals surface area contributed by atoms with Crippen molar-refractivity contribution >= 4 is 16.9 Å². The SMILES string of the molecule is CCC(F)(F)CCCCOC(=O)C12CC3CC(CC(C3)C1)C2.c1ccc([S+](c2ccccc2)c2ccccc2)cc1. The zero-order chi connectivity index (χ0) is 28.7. The number of benzene rings is 3. The summed E-state index contributed by atoms with van der Waals surface area (Å²) in [5.74, 6) is -0.427. The molecule has 0 radical (unpaired) electrons. The Balaban J connectivity index is 0.000000166. The van der Waals surface area contributed by atoms with E-state index in [2.05, 4.69) is 91.0 Å². The molecule has 7 rings (SSSR count). The average Bonchev–Trinajstić information content (AvgIpc) is 2.98. The maximum Gasteiger partial charge on any atom is 0.312 e. The number of hydrogen-bond acceptors (Lipinski definition) is 2. The highest BCUT2D eigenvalue weighted by Crippen LogP contribution is 2.60. The second-order valence-corrected chi connectivity index (χ2v) is 14.3. The summed E-state index contributed by atoms with van der Waals surface area (Å²) in [7, 11) is -0.0146. The summed E-state index contributed by atoms with van der Waals surface area (Å²) in [5.41, 5.74) is -0.220. The maximum atomic E-state index is 13.1. The zero-order valence-electron chi connectivity index (χ0n) is 24.2. The molecule has 0 amide bonds. The molecule has 0 heterocycles. The van der Waals surface area contributed by atoms with Crippen molar-refractivity contribution in [2.75, 3.05) is 6.61 Å². The first-order chi connectivity index (χ1) is 19.9. The van der Waals surface area contributed by atoms with E-state index in [1.165, 1.54) is 40.9 Å². The predicted octanol–water partition coefficient (Wildman–Crippen LogP) is 9.74. The van der Waals surface area contributed by atoms with Gasteiger partial charge in [0.05, 0.1) is 22.9 Å². The fraction of sp³-hybridized carbons (Fsp3) is 0.472. The summed E-state index contributed by atoms with van der Waals surface area (Å²) < 4.78 is 31.8. The van der Waals surface area contributed by atoms with Gasteiger partial charge in [0.25, 0.3) is 0 Å². The van der Waals surface area contributed by atoms with Gasteiger partial charge in [-0.3, -0.25) is 4.79 Å². The largest absolute Gasteiger partial charge is 0.465 e. The van der Waals surface area contributed by atoms with Crippen molar-refractivity contribution in [1.29, 1.82) is 0 Å². The predicted molar refractivity (Wildman–Crippen MR) is 162 cm³/mol. The van der Waals surface area contributed by atoms with Crippen LogP contribution in [-0.2, 0) is 20.4 Å². The quantitative estimate of drug-likeness (QED) is 0.136. The van der Waals surface area contributed by atoms with Gasteiger partial charge in [0.15, 0.2) is 14.7 Å². The Kier molecular flexibility index (Phi) is 9.85. The Morgan fingerprint density at radius 1 is 0.756 bits per heavy atom. The normalized spacial score (nSPS) is 24.5. The van der Waals surface area contributed by atoms with Crippen molar-refractivity contribution in [3.05, 3.63) is 91.0 Å². The minimum atomic E-state index is -2.57. The number of carbonyl (C=O) groups is 1. The highest BCUT2D eigenvalue weighted by Gasteiger charge is 2.55. The van der Waals surface area contributed by atoms with Crippen LogP contribution in [0.5, 0.6) is 0 Å². The number of alkyl halides is 2. The first-order valence-electron chi connectivity index (χ1n) is 15.3. The van der Waals surface area contributed by atoms with Gasteiger partial charge in [-0.2, -0.15) is 0 Å². The van der Waals surface area contributed by atoms with E-state index in [9.17, 15) is 13.6 Å². The highest BCUT2D eigenvalue weighted by molar-refractivity contribution is 7.97. The highest BCUT2D eigenvalue weighted by atomic mass is 32.2. The lowest BCUT2D eigenvalue weighted by Gasteiger charge is -2.55. The van der Waals surface area contributed by atoms with Gasteiger partial charge in [0, 0.05) is 12.8 Å². The van der Waals surface area contributed by atoms with Gasteiger partial charge < -0.3 is 4.74 Å². The van der Waals surface area contributed by atoms with Crippen molar-refractivity contribution < 1.29 is 18.3 Å². The molecule has 0 aromatic heterocycles. The third-order valence-electron chi connectivity index (χ3n) is 9.10. The third kappa shape index (κ3) is 7.60. The number of hydrogen-bond donors (Lipinski definition) is 0. The first-order valence-corrected chi connectivity index (χ1v) is 16.5. The molecule has 0 unspecified atom stereocenters. The summed E-state index contributed by atoms with van der Waals surface area (Å²) in [6.07, 6.45) is 7.69. The molecular formula is C36H43F2O2S+. The molecule has 0 N–H and O–H groups in total. The van der Waals surface area contributed by atoms with Crippen LogP contribution in [0.3, 0.4) is 0 Å². The van der Waals surface area contributed by atoms with Gasteiger partial charge in [0.1, 0.15) is 0 Å². The smallest absolute Gasteiger partial charge is 0.312 e. The molecule has 3 aromatic rings. The van der Waals surface area contributed by atoms with Gasteiger partial charge in [-0.05, 0) is 106 Å². The molecule has 218 valence electrons. The number of unbranched alkanes of at least 4 members (excludes halogenated alkanes) is 1. The van der Waals surface area contributed by atoms with E-state index in [4.69, 9.17) is 4.74 Å². The number of esters is 1. The van der Waals surface area contributed by atoms with Gasteiger partial charge in [-0.25, -0.2) is 8.78 Å². The Bertz CT molecular complexity index is 1100. The first kappa shape index (κ1) is 29.8. The lowest BCUT2D eigenvalue weighted by Crippen LogP contribution is -2.50. The van der Waals surface area contributed by atoms with Crippen LogP contribution in [0.15, 0.2) is 106 Å². The van der Waals surface area contributed by atoms with Crippen molar-refractivity contribution in [1.82, 2.24) is 0 Å². The van der Waals surface area contributed by atoms with Gasteiger partial charge >= 0.3 is 5.97 Å². The fourth-order valence-electron chi connectivity index (χ4n) is 7.42. The molecule has 0 saturated heterocycles. The van der Waals surface area contributed by atoms with Gasteiger partial charge in [-0.1, -0.05) is 61.5 Å². The van der Waals surface area contributed by atoms with Crippen molar-refractivity contribution in [2.45, 2.75) is 91.7 Å². The number of halogens is 2. The maximum absolute atomic E-state index is 13.1. The Labute approximate surface area is 247 Å². The molecule has 4 saturated carbocycles. The molecule has 3 aromatic carbocycles. The lowest BCUT2D eigenvalue weighted by molar-refractivity contribution is -0.171. The molecular weight excluding hydrogens is 534 g/mol. The summed E-state index contributed by atoms with van der Waals surface area (Å²) >= 11 is 0. The average molecular weight is 578 g/mol. The molecule has 0 spiro atoms. The van der Waals surface area contributed by atoms with Crippen molar-refractivity contribution in [2.24, 2.45) is 23.2 Å². The molecule has 0 atom stereocenters. The fourth-order valence-corrected chi connectivity index (χ4v) is 9.52. The molecule has 4 aliphatic carbocycles. The van der Waals surface area contributed by atoms with E-state index in [0.717, 1.165) is 37.0 Å². The minimum absolute atomic E-state index is 0.0146. The summed E-state index contributed by atoms with van der Waals surface area (Å²) in [4.78, 5) is 16.6. The molecule has 4 bridgehead atoms. The second-order valence-electron chi connectivity index (χ2n) is 12.2. The van der Waals surface area contributed by atoms with Crippen LogP contribution in [0.25, 0.3) is 0 Å². The number of ether oxygens (including phenoxy) is 1. The van der Waals surface area contributed by atoms with Crippen LogP contribution in [0.1, 0.15) is 71.1 Å². The molecule has 41 heavy (non-hydrogen) atoms. The standard InChI is InChI=1S/C18H28F2O2.C18H15S/c1-2-18(19,20)5-3-4-6-22-16(21)17-10-13-7-14(11-17)9-15(8-13)12-17;1-4-10-16(11-5-1)19(17-12-6-2-7-13-17)18-14-8-3-9-15-18/h13-15H,2-12H2,1H3;1-15H/q;+1. The Morgan fingerprint density at radius 2 is 1.17 bits per heavy atom. The summed E-state index contributed by atoms with van der Waals surface area (Å²) in [6.45, 7) is 1.81. The van der Waals surface area contributed by atoms with E-state index in [0.29, 0.717) is 19.4 Å². The number of carbonyl (C=O) groups excluding carboxylic acids is 1. The zero-order valence-corrected chi connectivity index (χ0v) is 25.0. The topological polar surface area (TPSA) is 26.3 Å². The van der Waals surface area contributed by atoms with E-state index in [1.807, 2.05) is 0 Å². The second kappa shape index (κ2) is 13.5. The van der Waals surface area contributed by atoms with E-state index in [1.54, 1.807) is 0 Å². The minimum Gasteiger partial charge on any atom is -0.465 e. The molecule has 0 aliphatic heterocycles. The molecule has 4 aliphatic rings. The molecule has 5 heteroatoms. The monoisotopic (exact) mass is 577 g/mol. The van der Waals surface area contributed by atoms with Gasteiger partial charge in [0.2, 0.25) is 5.92 Å². The van der Waals surface area contributed by atoms with Crippen LogP contribution in [0, 0.1) is 23.2 Å². The Morgan fingerprint density at radius 3 is 1.56 bits per heavy atom. The van der Waals surface area contributed by atoms with Crippen LogP contribution in [-0.4, -0.2) is 18.5 Å². The molecule has 2 nitrogen and oxygen atoms in total. The van der Waals surface area contributed by atoms with E-state index >= 15 is 0 Å². The van der Waals surface area contributed by atoms with E-state index < -0.39 is 5.92 Å². The van der Waals surface area contributed by atoms with E-state index in [-0.39, 0.29) is 35.1 Å². The van der Waals surface area contributed by atoms with Crippen LogP contribution >= 0.6 is 0 Å². The Hall–Kier alpha value is -2.66. The van der Waals surface area contributed by atoms with Crippen molar-refractivity contribution in [3.63, 3.8) is 0 Å². The number of rotatable bonds is 10. The third-order valence-corrected chi connectivity index (χ3v) is 11.3. The van der Waals surface area contributed by atoms with Crippen molar-refractivity contribution in [3.8, 4) is 0 Å². The van der Waals surface area contributed by atoms with Crippen LogP contribution in [0.2, 0.25) is 0 Å². The van der Waals surface area contributed by atoms with Crippen LogP contribution in [0.4, 0.5) is 8.78 Å².